The summed E-state index contributed by atoms with van der Waals surface area (Å²) in [5.41, 5.74) is 1.55. The lowest BCUT2D eigenvalue weighted by atomic mass is 9.92. The van der Waals surface area contributed by atoms with Crippen molar-refractivity contribution in [3.8, 4) is 5.75 Å². The Morgan fingerprint density at radius 1 is 1.35 bits per heavy atom. The lowest BCUT2D eigenvalue weighted by Gasteiger charge is -2.32. The first-order valence-electron chi connectivity index (χ1n) is 7.65. The quantitative estimate of drug-likeness (QED) is 0.835. The number of hydrogen-bond acceptors (Lipinski definition) is 3. The second-order valence-electron chi connectivity index (χ2n) is 5.91. The molecule has 3 nitrogen and oxygen atoms in total. The molecule has 0 aliphatic carbocycles. The average Bonchev–Trinajstić information content (AvgIpc) is 2.43. The largest absolute Gasteiger partial charge is 0.508 e. The summed E-state index contributed by atoms with van der Waals surface area (Å²) in [6, 6.07) is 5.15. The van der Waals surface area contributed by atoms with Crippen molar-refractivity contribution in [1.82, 2.24) is 4.90 Å². The highest BCUT2D eigenvalue weighted by atomic mass is 16.3. The molecule has 1 saturated heterocycles. The van der Waals surface area contributed by atoms with Gasteiger partial charge in [0.25, 0.3) is 0 Å². The van der Waals surface area contributed by atoms with Crippen molar-refractivity contribution in [2.45, 2.75) is 46.1 Å². The Morgan fingerprint density at radius 3 is 2.65 bits per heavy atom. The number of phenolic OH excluding ortho intramolecular Hbond substituents is 1. The van der Waals surface area contributed by atoms with Gasteiger partial charge in [0.1, 0.15) is 5.75 Å². The number of hydrogen-bond donors (Lipinski definition) is 1. The Balaban J connectivity index is 1.97. The zero-order chi connectivity index (χ0) is 14.5. The standard InChI is InChI=1S/C17H25NO2/c1-3-4-14-7-9-18(10-8-14)12-16-11-15(13(2)19)5-6-17(16)20/h5-6,11,14,20H,3-4,7-10,12H2,1-2H3. The van der Waals surface area contributed by atoms with Crippen LogP contribution in [-0.2, 0) is 6.54 Å². The average molecular weight is 275 g/mol. The van der Waals surface area contributed by atoms with Gasteiger partial charge in [0.2, 0.25) is 0 Å². The number of piperidine rings is 1. The third kappa shape index (κ3) is 3.83. The number of rotatable bonds is 5. The van der Waals surface area contributed by atoms with E-state index in [0.717, 1.165) is 31.1 Å². The second kappa shape index (κ2) is 6.89. The number of carbonyl (C=O) groups is 1. The van der Waals surface area contributed by atoms with E-state index in [0.29, 0.717) is 11.3 Å². The molecule has 1 aliphatic rings. The number of aromatic hydroxyl groups is 1. The SMILES string of the molecule is CCCC1CCN(Cc2cc(C(C)=O)ccc2O)CC1. The first-order valence-corrected chi connectivity index (χ1v) is 7.65. The molecule has 110 valence electrons. The molecule has 1 fully saturated rings. The van der Waals surface area contributed by atoms with E-state index < -0.39 is 0 Å². The van der Waals surface area contributed by atoms with Crippen molar-refractivity contribution in [2.75, 3.05) is 13.1 Å². The smallest absolute Gasteiger partial charge is 0.159 e. The second-order valence-corrected chi connectivity index (χ2v) is 5.91. The Hall–Kier alpha value is -1.35. The number of benzene rings is 1. The van der Waals surface area contributed by atoms with Gasteiger partial charge in [-0.3, -0.25) is 9.69 Å². The molecule has 1 heterocycles. The summed E-state index contributed by atoms with van der Waals surface area (Å²) in [6.07, 6.45) is 5.10. The highest BCUT2D eigenvalue weighted by Crippen LogP contribution is 2.25. The van der Waals surface area contributed by atoms with Crippen molar-refractivity contribution in [1.29, 1.82) is 0 Å². The molecule has 0 amide bonds. The summed E-state index contributed by atoms with van der Waals surface area (Å²) >= 11 is 0. The summed E-state index contributed by atoms with van der Waals surface area (Å²) < 4.78 is 0. The predicted molar refractivity (Wildman–Crippen MR) is 81.0 cm³/mol. The van der Waals surface area contributed by atoms with Gasteiger partial charge < -0.3 is 5.11 Å². The summed E-state index contributed by atoms with van der Waals surface area (Å²) in [4.78, 5) is 13.8. The number of ketones is 1. The van der Waals surface area contributed by atoms with Crippen molar-refractivity contribution in [2.24, 2.45) is 5.92 Å². The summed E-state index contributed by atoms with van der Waals surface area (Å²) in [6.45, 7) is 6.73. The van der Waals surface area contributed by atoms with Crippen LogP contribution >= 0.6 is 0 Å². The van der Waals surface area contributed by atoms with Crippen molar-refractivity contribution in [3.05, 3.63) is 29.3 Å². The van der Waals surface area contributed by atoms with Crippen molar-refractivity contribution >= 4 is 5.78 Å². The van der Waals surface area contributed by atoms with E-state index in [4.69, 9.17) is 0 Å². The molecule has 0 unspecified atom stereocenters. The first kappa shape index (κ1) is 15.0. The Kier molecular flexibility index (Phi) is 5.18. The van der Waals surface area contributed by atoms with Gasteiger partial charge in [-0.25, -0.2) is 0 Å². The van der Waals surface area contributed by atoms with Gasteiger partial charge in [0, 0.05) is 17.7 Å². The molecular formula is C17H25NO2. The van der Waals surface area contributed by atoms with E-state index in [1.165, 1.54) is 25.7 Å². The van der Waals surface area contributed by atoms with Gasteiger partial charge in [-0.1, -0.05) is 19.8 Å². The lowest BCUT2D eigenvalue weighted by molar-refractivity contribution is 0.101. The minimum absolute atomic E-state index is 0.0490. The fourth-order valence-electron chi connectivity index (χ4n) is 3.01. The van der Waals surface area contributed by atoms with Crippen LogP contribution in [0.1, 0.15) is 55.5 Å². The van der Waals surface area contributed by atoms with Gasteiger partial charge in [0.05, 0.1) is 0 Å². The van der Waals surface area contributed by atoms with Crippen LogP contribution in [0.4, 0.5) is 0 Å². The third-order valence-electron chi connectivity index (χ3n) is 4.28. The topological polar surface area (TPSA) is 40.5 Å². The molecule has 0 bridgehead atoms. The maximum absolute atomic E-state index is 11.4. The van der Waals surface area contributed by atoms with Gasteiger partial charge in [0.15, 0.2) is 5.78 Å². The molecule has 1 aliphatic heterocycles. The zero-order valence-electron chi connectivity index (χ0n) is 12.6. The Labute approximate surface area is 121 Å². The zero-order valence-corrected chi connectivity index (χ0v) is 12.6. The summed E-state index contributed by atoms with van der Waals surface area (Å²) in [7, 11) is 0. The van der Waals surface area contributed by atoms with Crippen LogP contribution in [0.3, 0.4) is 0 Å². The van der Waals surface area contributed by atoms with Crippen molar-refractivity contribution < 1.29 is 9.90 Å². The van der Waals surface area contributed by atoms with Crippen LogP contribution in [0.15, 0.2) is 18.2 Å². The van der Waals surface area contributed by atoms with Crippen LogP contribution in [0, 0.1) is 5.92 Å². The van der Waals surface area contributed by atoms with Crippen molar-refractivity contribution in [3.63, 3.8) is 0 Å². The van der Waals surface area contributed by atoms with Crippen LogP contribution in [-0.4, -0.2) is 28.9 Å². The van der Waals surface area contributed by atoms with E-state index >= 15 is 0 Å². The monoisotopic (exact) mass is 275 g/mol. The molecule has 0 spiro atoms. The number of nitrogens with zero attached hydrogens (tertiary/aromatic N) is 1. The van der Waals surface area contributed by atoms with Gasteiger partial charge in [-0.2, -0.15) is 0 Å². The molecule has 0 saturated carbocycles. The fraction of sp³-hybridized carbons (Fsp3) is 0.588. The molecule has 2 rings (SSSR count). The lowest BCUT2D eigenvalue weighted by Crippen LogP contribution is -2.33. The fourth-order valence-corrected chi connectivity index (χ4v) is 3.01. The maximum Gasteiger partial charge on any atom is 0.159 e. The third-order valence-corrected chi connectivity index (χ3v) is 4.28. The molecule has 20 heavy (non-hydrogen) atoms. The summed E-state index contributed by atoms with van der Waals surface area (Å²) in [5, 5.41) is 9.95. The Bertz CT molecular complexity index is 462. The molecule has 0 aromatic heterocycles. The normalized spacial score (nSPS) is 17.3. The highest BCUT2D eigenvalue weighted by molar-refractivity contribution is 5.94. The van der Waals surface area contributed by atoms with Crippen LogP contribution in [0.2, 0.25) is 0 Å². The van der Waals surface area contributed by atoms with E-state index in [2.05, 4.69) is 11.8 Å². The van der Waals surface area contributed by atoms with Crippen LogP contribution in [0.25, 0.3) is 0 Å². The predicted octanol–water partition coefficient (Wildman–Crippen LogP) is 3.61. The summed E-state index contributed by atoms with van der Waals surface area (Å²) in [5.74, 6) is 1.21. The van der Waals surface area contributed by atoms with E-state index in [9.17, 15) is 9.90 Å². The maximum atomic E-state index is 11.4. The molecule has 0 radical (unpaired) electrons. The first-order chi connectivity index (χ1) is 9.60. The van der Waals surface area contributed by atoms with Crippen LogP contribution < -0.4 is 0 Å². The number of Topliss-reactive ketones (excluding diaryl/α,β-unsaturated/α-hetero) is 1. The van der Waals surface area contributed by atoms with E-state index in [1.807, 2.05) is 6.07 Å². The van der Waals surface area contributed by atoms with Gasteiger partial charge in [-0.05, 0) is 57.0 Å². The number of likely N-dealkylation sites (tertiary alicyclic amines) is 1. The number of carbonyl (C=O) groups excluding carboxylic acids is 1. The Morgan fingerprint density at radius 2 is 2.05 bits per heavy atom. The molecule has 1 aromatic carbocycles. The van der Waals surface area contributed by atoms with E-state index in [1.54, 1.807) is 19.1 Å². The molecule has 3 heteroatoms. The van der Waals surface area contributed by atoms with Crippen LogP contribution in [0.5, 0.6) is 5.75 Å². The van der Waals surface area contributed by atoms with Gasteiger partial charge >= 0.3 is 0 Å². The minimum Gasteiger partial charge on any atom is -0.508 e. The molecule has 1 aromatic rings. The highest BCUT2D eigenvalue weighted by Gasteiger charge is 2.19. The molecule has 0 atom stereocenters. The molecular weight excluding hydrogens is 250 g/mol. The minimum atomic E-state index is 0.0490. The van der Waals surface area contributed by atoms with E-state index in [-0.39, 0.29) is 5.78 Å². The molecule has 1 N–H and O–H groups in total. The van der Waals surface area contributed by atoms with Gasteiger partial charge in [-0.15, -0.1) is 0 Å². The number of phenols is 1.